The molecule has 0 spiro atoms. The van der Waals surface area contributed by atoms with Crippen molar-refractivity contribution in [2.75, 3.05) is 0 Å². The summed E-state index contributed by atoms with van der Waals surface area (Å²) in [4.78, 5) is 4.03. The maximum Gasteiger partial charge on any atom is 0.237 e. The molecule has 0 aliphatic carbocycles. The van der Waals surface area contributed by atoms with Crippen molar-refractivity contribution in [1.82, 2.24) is 4.98 Å². The van der Waals surface area contributed by atoms with Gasteiger partial charge in [0.25, 0.3) is 0 Å². The minimum Gasteiger partial charge on any atom is -0.438 e. The Hall–Kier alpha value is -2.38. The van der Waals surface area contributed by atoms with Crippen LogP contribution in [-0.2, 0) is 0 Å². The third-order valence-corrected chi connectivity index (χ3v) is 2.51. The largest absolute Gasteiger partial charge is 0.438 e. The molecule has 2 N–H and O–H groups in total. The van der Waals surface area contributed by atoms with Crippen LogP contribution in [0.4, 0.5) is 0 Å². The summed E-state index contributed by atoms with van der Waals surface area (Å²) in [5, 5.41) is 8.93. The van der Waals surface area contributed by atoms with E-state index in [1.807, 2.05) is 37.3 Å². The average Bonchev–Trinajstić information content (AvgIpc) is 2.40. The Morgan fingerprint density at radius 3 is 2.61 bits per heavy atom. The quantitative estimate of drug-likeness (QED) is 0.893. The molecule has 2 aromatic rings. The molecule has 4 nitrogen and oxygen atoms in total. The Balaban J connectivity index is 2.22. The van der Waals surface area contributed by atoms with E-state index >= 15 is 0 Å². The van der Waals surface area contributed by atoms with E-state index in [0.29, 0.717) is 17.2 Å². The van der Waals surface area contributed by atoms with Gasteiger partial charge in [0.05, 0.1) is 0 Å². The molecule has 0 saturated heterocycles. The van der Waals surface area contributed by atoms with Crippen molar-refractivity contribution in [3.63, 3.8) is 0 Å². The molecule has 1 unspecified atom stereocenters. The van der Waals surface area contributed by atoms with Crippen LogP contribution in [-0.4, -0.2) is 4.98 Å². The molecular formula is C14H13N3O. The van der Waals surface area contributed by atoms with Gasteiger partial charge < -0.3 is 10.5 Å². The van der Waals surface area contributed by atoms with Gasteiger partial charge in [0.15, 0.2) is 0 Å². The zero-order valence-corrected chi connectivity index (χ0v) is 10.00. The smallest absolute Gasteiger partial charge is 0.237 e. The minimum absolute atomic E-state index is 0.0106. The fraction of sp³-hybridized carbons (Fsp3) is 0.143. The monoisotopic (exact) mass is 239 g/mol. The van der Waals surface area contributed by atoms with Gasteiger partial charge in [0.1, 0.15) is 17.4 Å². The lowest BCUT2D eigenvalue weighted by Gasteiger charge is -2.08. The second-order valence-electron chi connectivity index (χ2n) is 3.93. The second-order valence-corrected chi connectivity index (χ2v) is 3.93. The lowest BCUT2D eigenvalue weighted by molar-refractivity contribution is 0.461. The molecule has 18 heavy (non-hydrogen) atoms. The van der Waals surface area contributed by atoms with E-state index in [2.05, 4.69) is 4.98 Å². The molecule has 1 aromatic carbocycles. The summed E-state index contributed by atoms with van der Waals surface area (Å²) in [6.07, 6.45) is 1.59. The number of nitrogens with zero attached hydrogens (tertiary/aromatic N) is 2. The van der Waals surface area contributed by atoms with Crippen molar-refractivity contribution in [3.8, 4) is 17.7 Å². The summed E-state index contributed by atoms with van der Waals surface area (Å²) in [7, 11) is 0. The Morgan fingerprint density at radius 1 is 1.28 bits per heavy atom. The molecule has 0 radical (unpaired) electrons. The molecule has 0 aliphatic rings. The van der Waals surface area contributed by atoms with Gasteiger partial charge in [-0.3, -0.25) is 0 Å². The van der Waals surface area contributed by atoms with Crippen LogP contribution in [0.3, 0.4) is 0 Å². The highest BCUT2D eigenvalue weighted by molar-refractivity contribution is 5.40. The van der Waals surface area contributed by atoms with Gasteiger partial charge >= 0.3 is 0 Å². The van der Waals surface area contributed by atoms with Crippen LogP contribution < -0.4 is 10.5 Å². The predicted octanol–water partition coefficient (Wildman–Crippen LogP) is 2.77. The molecule has 1 heterocycles. The SMILES string of the molecule is CC(N)c1ccc(Oc2ncccc2C#N)cc1. The standard InChI is InChI=1S/C14H13N3O/c1-10(16)11-4-6-13(7-5-11)18-14-12(9-15)3-2-8-17-14/h2-8,10H,16H2,1H3. The van der Waals surface area contributed by atoms with E-state index in [-0.39, 0.29) is 6.04 Å². The molecule has 1 aromatic heterocycles. The van der Waals surface area contributed by atoms with E-state index in [1.165, 1.54) is 0 Å². The molecule has 0 bridgehead atoms. The normalized spacial score (nSPS) is 11.6. The summed E-state index contributed by atoms with van der Waals surface area (Å²) in [5.74, 6) is 0.947. The van der Waals surface area contributed by atoms with Crippen LogP contribution in [0.2, 0.25) is 0 Å². The summed E-state index contributed by atoms with van der Waals surface area (Å²) in [6.45, 7) is 1.92. The number of aromatic nitrogens is 1. The van der Waals surface area contributed by atoms with Crippen LogP contribution in [0, 0.1) is 11.3 Å². The number of hydrogen-bond donors (Lipinski definition) is 1. The Bertz CT molecular complexity index is 570. The van der Waals surface area contributed by atoms with E-state index in [4.69, 9.17) is 15.7 Å². The van der Waals surface area contributed by atoms with Crippen LogP contribution in [0.5, 0.6) is 11.6 Å². The highest BCUT2D eigenvalue weighted by Crippen LogP contribution is 2.23. The highest BCUT2D eigenvalue weighted by Gasteiger charge is 2.05. The van der Waals surface area contributed by atoms with Gasteiger partial charge in [-0.15, -0.1) is 0 Å². The van der Waals surface area contributed by atoms with Gasteiger partial charge in [0.2, 0.25) is 5.88 Å². The Kier molecular flexibility index (Phi) is 3.56. The fourth-order valence-corrected chi connectivity index (χ4v) is 1.51. The number of benzene rings is 1. The van der Waals surface area contributed by atoms with Crippen LogP contribution >= 0.6 is 0 Å². The van der Waals surface area contributed by atoms with Crippen molar-refractivity contribution in [3.05, 3.63) is 53.7 Å². The van der Waals surface area contributed by atoms with Crippen molar-refractivity contribution >= 4 is 0 Å². The van der Waals surface area contributed by atoms with Crippen molar-refractivity contribution in [2.24, 2.45) is 5.73 Å². The van der Waals surface area contributed by atoms with Crippen LogP contribution in [0.1, 0.15) is 24.1 Å². The zero-order valence-electron chi connectivity index (χ0n) is 10.00. The number of pyridine rings is 1. The highest BCUT2D eigenvalue weighted by atomic mass is 16.5. The maximum atomic E-state index is 8.93. The summed E-state index contributed by atoms with van der Waals surface area (Å²) in [6, 6.07) is 12.8. The summed E-state index contributed by atoms with van der Waals surface area (Å²) >= 11 is 0. The lowest BCUT2D eigenvalue weighted by Crippen LogP contribution is -2.04. The third-order valence-electron chi connectivity index (χ3n) is 2.51. The minimum atomic E-state index is -0.0106. The van der Waals surface area contributed by atoms with E-state index < -0.39 is 0 Å². The molecule has 2 rings (SSSR count). The average molecular weight is 239 g/mol. The molecule has 1 atom stereocenters. The molecule has 0 saturated carbocycles. The van der Waals surface area contributed by atoms with Gasteiger partial charge in [0, 0.05) is 12.2 Å². The number of rotatable bonds is 3. The maximum absolute atomic E-state index is 8.93. The summed E-state index contributed by atoms with van der Waals surface area (Å²) in [5.41, 5.74) is 7.21. The van der Waals surface area contributed by atoms with E-state index in [1.54, 1.807) is 18.3 Å². The Labute approximate surface area is 106 Å². The van der Waals surface area contributed by atoms with Crippen LogP contribution in [0.25, 0.3) is 0 Å². The van der Waals surface area contributed by atoms with Gasteiger partial charge in [-0.25, -0.2) is 4.98 Å². The molecular weight excluding hydrogens is 226 g/mol. The number of nitriles is 1. The molecule has 0 amide bonds. The van der Waals surface area contributed by atoms with Crippen molar-refractivity contribution in [1.29, 1.82) is 5.26 Å². The van der Waals surface area contributed by atoms with Gasteiger partial charge in [-0.2, -0.15) is 5.26 Å². The predicted molar refractivity (Wildman–Crippen MR) is 68.1 cm³/mol. The second kappa shape index (κ2) is 5.30. The first-order valence-electron chi connectivity index (χ1n) is 5.59. The zero-order chi connectivity index (χ0) is 13.0. The number of ether oxygens (including phenoxy) is 1. The lowest BCUT2D eigenvalue weighted by atomic mass is 10.1. The Morgan fingerprint density at radius 2 is 2.00 bits per heavy atom. The number of hydrogen-bond acceptors (Lipinski definition) is 4. The molecule has 0 aliphatic heterocycles. The van der Waals surface area contributed by atoms with E-state index in [9.17, 15) is 0 Å². The van der Waals surface area contributed by atoms with Gasteiger partial charge in [-0.05, 0) is 36.8 Å². The number of nitrogens with two attached hydrogens (primary N) is 1. The third kappa shape index (κ3) is 2.65. The van der Waals surface area contributed by atoms with Crippen molar-refractivity contribution in [2.45, 2.75) is 13.0 Å². The van der Waals surface area contributed by atoms with Crippen LogP contribution in [0.15, 0.2) is 42.6 Å². The van der Waals surface area contributed by atoms with Crippen molar-refractivity contribution < 1.29 is 4.74 Å². The first-order chi connectivity index (χ1) is 8.70. The summed E-state index contributed by atoms with van der Waals surface area (Å²) < 4.78 is 5.56. The van der Waals surface area contributed by atoms with Gasteiger partial charge in [-0.1, -0.05) is 12.1 Å². The fourth-order valence-electron chi connectivity index (χ4n) is 1.51. The first-order valence-corrected chi connectivity index (χ1v) is 5.59. The van der Waals surface area contributed by atoms with E-state index in [0.717, 1.165) is 5.56 Å². The molecule has 0 fully saturated rings. The topological polar surface area (TPSA) is 71.9 Å². The molecule has 90 valence electrons. The molecule has 4 heteroatoms. The first kappa shape index (κ1) is 12.1.